The fourth-order valence-electron chi connectivity index (χ4n) is 7.19. The van der Waals surface area contributed by atoms with E-state index in [1.807, 2.05) is 24.3 Å². The Morgan fingerprint density at radius 3 is 1.49 bits per heavy atom. The van der Waals surface area contributed by atoms with Gasteiger partial charge in [0.2, 0.25) is 0 Å². The maximum absolute atomic E-state index is 6.31. The Bertz CT molecular complexity index is 2810. The van der Waals surface area contributed by atoms with Crippen LogP contribution in [0, 0.1) is 0 Å². The standard InChI is InChI=1S/C46H29NO2/c1-2-8-30(9-3-1)31-16-20-36(21-17-31)47(38-24-25-41-39-10-4-6-12-43(39)49-46(41)29-38)37-22-18-32(19-23-37)33-14-15-34-27-42-40-11-5-7-13-44(40)48-45(42)28-35(34)26-33/h1-29H. The average Bonchev–Trinajstić information content (AvgIpc) is 3.72. The SMILES string of the molecule is c1ccc(-c2ccc(N(c3ccc(-c4ccc5cc6c(cc5c4)oc4ccccc46)cc3)c3ccc4c(c3)oc3ccccc34)cc2)cc1. The average molecular weight is 628 g/mol. The number of anilines is 3. The Balaban J connectivity index is 1.05. The molecule has 0 aliphatic carbocycles. The highest BCUT2D eigenvalue weighted by atomic mass is 16.3. The molecule has 3 nitrogen and oxygen atoms in total. The number of hydrogen-bond acceptors (Lipinski definition) is 3. The topological polar surface area (TPSA) is 29.5 Å². The minimum absolute atomic E-state index is 0.871. The van der Waals surface area contributed by atoms with Crippen molar-refractivity contribution >= 4 is 71.7 Å². The maximum Gasteiger partial charge on any atom is 0.137 e. The molecule has 0 atom stereocenters. The van der Waals surface area contributed by atoms with E-state index in [0.717, 1.165) is 77.5 Å². The summed E-state index contributed by atoms with van der Waals surface area (Å²) in [5.74, 6) is 0. The smallest absolute Gasteiger partial charge is 0.137 e. The first kappa shape index (κ1) is 27.5. The van der Waals surface area contributed by atoms with Gasteiger partial charge < -0.3 is 13.7 Å². The van der Waals surface area contributed by atoms with E-state index in [0.29, 0.717) is 0 Å². The zero-order chi connectivity index (χ0) is 32.3. The minimum Gasteiger partial charge on any atom is -0.456 e. The van der Waals surface area contributed by atoms with Crippen molar-refractivity contribution in [2.45, 2.75) is 0 Å². The highest BCUT2D eigenvalue weighted by Crippen LogP contribution is 2.40. The van der Waals surface area contributed by atoms with Crippen LogP contribution in [0.3, 0.4) is 0 Å². The van der Waals surface area contributed by atoms with Crippen LogP contribution >= 0.6 is 0 Å². The zero-order valence-corrected chi connectivity index (χ0v) is 26.5. The molecule has 0 fully saturated rings. The highest BCUT2D eigenvalue weighted by molar-refractivity contribution is 6.10. The Labute approximate surface area is 282 Å². The lowest BCUT2D eigenvalue weighted by atomic mass is 9.99. The molecule has 230 valence electrons. The van der Waals surface area contributed by atoms with Crippen LogP contribution in [0.25, 0.3) is 76.9 Å². The lowest BCUT2D eigenvalue weighted by Crippen LogP contribution is -2.09. The molecule has 0 spiro atoms. The Hall–Kier alpha value is -6.58. The first-order valence-corrected chi connectivity index (χ1v) is 16.6. The van der Waals surface area contributed by atoms with Crippen molar-refractivity contribution in [3.05, 3.63) is 176 Å². The zero-order valence-electron chi connectivity index (χ0n) is 26.5. The van der Waals surface area contributed by atoms with Gasteiger partial charge in [-0.15, -0.1) is 0 Å². The van der Waals surface area contributed by atoms with E-state index in [9.17, 15) is 0 Å². The third-order valence-corrected chi connectivity index (χ3v) is 9.65. The second-order valence-electron chi connectivity index (χ2n) is 12.6. The molecule has 2 heterocycles. The molecule has 2 aromatic heterocycles. The van der Waals surface area contributed by atoms with Gasteiger partial charge in [-0.25, -0.2) is 0 Å². The maximum atomic E-state index is 6.31. The molecular formula is C46H29NO2. The summed E-state index contributed by atoms with van der Waals surface area (Å²) in [6, 6.07) is 62.1. The molecule has 0 bridgehead atoms. The van der Waals surface area contributed by atoms with Gasteiger partial charge in [0.1, 0.15) is 22.3 Å². The first-order valence-electron chi connectivity index (χ1n) is 16.6. The summed E-state index contributed by atoms with van der Waals surface area (Å²) in [5, 5.41) is 6.91. The molecule has 0 aliphatic rings. The van der Waals surface area contributed by atoms with Crippen LogP contribution < -0.4 is 4.90 Å². The summed E-state index contributed by atoms with van der Waals surface area (Å²) >= 11 is 0. The third kappa shape index (κ3) is 4.67. The van der Waals surface area contributed by atoms with Crippen LogP contribution in [0.15, 0.2) is 185 Å². The lowest BCUT2D eigenvalue weighted by molar-refractivity contribution is 0.669. The van der Waals surface area contributed by atoms with E-state index in [2.05, 4.69) is 157 Å². The Morgan fingerprint density at radius 2 is 0.796 bits per heavy atom. The van der Waals surface area contributed by atoms with E-state index in [-0.39, 0.29) is 0 Å². The van der Waals surface area contributed by atoms with E-state index in [1.54, 1.807) is 0 Å². The van der Waals surface area contributed by atoms with Crippen molar-refractivity contribution in [1.82, 2.24) is 0 Å². The molecule has 8 aromatic carbocycles. The third-order valence-electron chi connectivity index (χ3n) is 9.65. The number of nitrogens with zero attached hydrogens (tertiary/aromatic N) is 1. The number of rotatable bonds is 5. The molecule has 10 rings (SSSR count). The van der Waals surface area contributed by atoms with Crippen molar-refractivity contribution in [1.29, 1.82) is 0 Å². The van der Waals surface area contributed by atoms with Gasteiger partial charge in [0.25, 0.3) is 0 Å². The van der Waals surface area contributed by atoms with Gasteiger partial charge in [-0.1, -0.05) is 103 Å². The van der Waals surface area contributed by atoms with Crippen LogP contribution in [0.4, 0.5) is 17.1 Å². The van der Waals surface area contributed by atoms with Crippen LogP contribution in [-0.2, 0) is 0 Å². The van der Waals surface area contributed by atoms with Gasteiger partial charge in [-0.05, 0) is 99.8 Å². The molecule has 0 unspecified atom stereocenters. The van der Waals surface area contributed by atoms with Gasteiger partial charge in [0, 0.05) is 44.7 Å². The van der Waals surface area contributed by atoms with E-state index in [1.165, 1.54) is 16.5 Å². The molecule has 3 heteroatoms. The fourth-order valence-corrected chi connectivity index (χ4v) is 7.19. The minimum atomic E-state index is 0.871. The predicted molar refractivity (Wildman–Crippen MR) is 204 cm³/mol. The van der Waals surface area contributed by atoms with Gasteiger partial charge in [0.15, 0.2) is 0 Å². The van der Waals surface area contributed by atoms with Crippen LogP contribution in [-0.4, -0.2) is 0 Å². The second kappa shape index (κ2) is 11.0. The summed E-state index contributed by atoms with van der Waals surface area (Å²) in [4.78, 5) is 2.30. The van der Waals surface area contributed by atoms with Crippen molar-refractivity contribution in [3.63, 3.8) is 0 Å². The Kier molecular flexibility index (Phi) is 6.18. The Morgan fingerprint density at radius 1 is 0.286 bits per heavy atom. The molecule has 10 aromatic rings. The predicted octanol–water partition coefficient (Wildman–Crippen LogP) is 13.4. The number of benzene rings is 8. The molecule has 0 amide bonds. The van der Waals surface area contributed by atoms with E-state index in [4.69, 9.17) is 8.83 Å². The second-order valence-corrected chi connectivity index (χ2v) is 12.6. The van der Waals surface area contributed by atoms with Crippen molar-refractivity contribution in [3.8, 4) is 22.3 Å². The van der Waals surface area contributed by atoms with Crippen LogP contribution in [0.2, 0.25) is 0 Å². The summed E-state index contributed by atoms with van der Waals surface area (Å²) in [6.07, 6.45) is 0. The molecule has 0 saturated carbocycles. The van der Waals surface area contributed by atoms with Crippen LogP contribution in [0.1, 0.15) is 0 Å². The van der Waals surface area contributed by atoms with Crippen molar-refractivity contribution in [2.75, 3.05) is 4.90 Å². The van der Waals surface area contributed by atoms with Gasteiger partial charge in [-0.2, -0.15) is 0 Å². The number of para-hydroxylation sites is 2. The molecular weight excluding hydrogens is 599 g/mol. The number of fused-ring (bicyclic) bond motifs is 7. The van der Waals surface area contributed by atoms with Gasteiger partial charge in [0.05, 0.1) is 0 Å². The van der Waals surface area contributed by atoms with Gasteiger partial charge in [-0.3, -0.25) is 0 Å². The normalized spacial score (nSPS) is 11.7. The van der Waals surface area contributed by atoms with Crippen LogP contribution in [0.5, 0.6) is 0 Å². The summed E-state index contributed by atoms with van der Waals surface area (Å²) in [5.41, 5.74) is 11.5. The van der Waals surface area contributed by atoms with Gasteiger partial charge >= 0.3 is 0 Å². The lowest BCUT2D eigenvalue weighted by Gasteiger charge is -2.26. The summed E-state index contributed by atoms with van der Waals surface area (Å²) in [7, 11) is 0. The summed E-state index contributed by atoms with van der Waals surface area (Å²) in [6.45, 7) is 0. The monoisotopic (exact) mass is 627 g/mol. The quantitative estimate of drug-likeness (QED) is 0.190. The van der Waals surface area contributed by atoms with Crippen molar-refractivity contribution in [2.24, 2.45) is 0 Å². The molecule has 0 aliphatic heterocycles. The molecule has 0 radical (unpaired) electrons. The fraction of sp³-hybridized carbons (Fsp3) is 0. The number of hydrogen-bond donors (Lipinski definition) is 0. The molecule has 0 N–H and O–H groups in total. The largest absolute Gasteiger partial charge is 0.456 e. The molecule has 49 heavy (non-hydrogen) atoms. The molecule has 0 saturated heterocycles. The summed E-state index contributed by atoms with van der Waals surface area (Å²) < 4.78 is 12.5. The first-order chi connectivity index (χ1) is 24.2. The van der Waals surface area contributed by atoms with E-state index >= 15 is 0 Å². The number of furan rings is 2. The van der Waals surface area contributed by atoms with Crippen molar-refractivity contribution < 1.29 is 8.83 Å². The van der Waals surface area contributed by atoms with E-state index < -0.39 is 0 Å². The highest BCUT2D eigenvalue weighted by Gasteiger charge is 2.16.